The first-order chi connectivity index (χ1) is 14.1. The molecule has 10 heteroatoms. The van der Waals surface area contributed by atoms with E-state index in [1.807, 2.05) is 4.68 Å². The van der Waals surface area contributed by atoms with Crippen molar-refractivity contribution < 1.29 is 13.2 Å². The third-order valence-corrected chi connectivity index (χ3v) is 7.62. The molecule has 0 atom stereocenters. The van der Waals surface area contributed by atoms with Crippen LogP contribution in [0.2, 0.25) is 0 Å². The normalized spacial score (nSPS) is 18.8. The Morgan fingerprint density at radius 3 is 2.41 bits per heavy atom. The number of hydrogen-bond acceptors (Lipinski definition) is 6. The van der Waals surface area contributed by atoms with Gasteiger partial charge in [0.15, 0.2) is 5.82 Å². The molecule has 0 spiro atoms. The van der Waals surface area contributed by atoms with E-state index in [0.29, 0.717) is 30.5 Å². The van der Waals surface area contributed by atoms with E-state index >= 15 is 0 Å². The highest BCUT2D eigenvalue weighted by Gasteiger charge is 2.26. The summed E-state index contributed by atoms with van der Waals surface area (Å²) in [4.78, 5) is 12.7. The number of carbonyl (C=O) groups excluding carboxylic acids is 1. The zero-order valence-electron chi connectivity index (χ0n) is 16.3. The lowest BCUT2D eigenvalue weighted by atomic mass is 10.2. The predicted octanol–water partition coefficient (Wildman–Crippen LogP) is 1.89. The van der Waals surface area contributed by atoms with Gasteiger partial charge >= 0.3 is 0 Å². The maximum atomic E-state index is 12.7. The van der Waals surface area contributed by atoms with Gasteiger partial charge in [0.1, 0.15) is 0 Å². The molecule has 1 aromatic carbocycles. The monoisotopic (exact) mass is 418 g/mol. The molecule has 1 saturated heterocycles. The zero-order valence-corrected chi connectivity index (χ0v) is 17.1. The van der Waals surface area contributed by atoms with Crippen LogP contribution in [0.4, 0.5) is 0 Å². The SMILES string of the molecule is O=C(NCc1nnnn1C1CCCC1)c1ccc(S(=O)(=O)N2CCCCC2)cc1. The van der Waals surface area contributed by atoms with Crippen molar-refractivity contribution in [1.82, 2.24) is 29.8 Å². The first-order valence-electron chi connectivity index (χ1n) is 10.2. The van der Waals surface area contributed by atoms with Gasteiger partial charge < -0.3 is 5.32 Å². The van der Waals surface area contributed by atoms with E-state index < -0.39 is 10.0 Å². The van der Waals surface area contributed by atoms with Crippen LogP contribution in [-0.2, 0) is 16.6 Å². The second-order valence-corrected chi connectivity index (χ2v) is 9.59. The molecule has 0 radical (unpaired) electrons. The minimum atomic E-state index is -3.50. The van der Waals surface area contributed by atoms with Crippen LogP contribution >= 0.6 is 0 Å². The minimum absolute atomic E-state index is 0.223. The van der Waals surface area contributed by atoms with Crippen molar-refractivity contribution in [2.45, 2.75) is 62.4 Å². The Kier molecular flexibility index (Phi) is 5.91. The number of nitrogens with zero attached hydrogens (tertiary/aromatic N) is 5. The van der Waals surface area contributed by atoms with Crippen molar-refractivity contribution >= 4 is 15.9 Å². The lowest BCUT2D eigenvalue weighted by Gasteiger charge is -2.25. The molecule has 1 aromatic heterocycles. The molecule has 2 fully saturated rings. The number of rotatable bonds is 6. The molecule has 2 heterocycles. The molecule has 1 N–H and O–H groups in total. The Morgan fingerprint density at radius 1 is 1.03 bits per heavy atom. The van der Waals surface area contributed by atoms with Crippen molar-refractivity contribution in [1.29, 1.82) is 0 Å². The molecule has 1 aliphatic heterocycles. The smallest absolute Gasteiger partial charge is 0.251 e. The van der Waals surface area contributed by atoms with Gasteiger partial charge in [-0.2, -0.15) is 4.31 Å². The lowest BCUT2D eigenvalue weighted by Crippen LogP contribution is -2.35. The molecular formula is C19H26N6O3S. The molecule has 2 aliphatic rings. The Bertz CT molecular complexity index is 945. The molecule has 2 aromatic rings. The van der Waals surface area contributed by atoms with Crippen LogP contribution in [0.15, 0.2) is 29.2 Å². The third-order valence-electron chi connectivity index (χ3n) is 5.71. The summed E-state index contributed by atoms with van der Waals surface area (Å²) in [7, 11) is -3.50. The van der Waals surface area contributed by atoms with Gasteiger partial charge in [-0.25, -0.2) is 13.1 Å². The van der Waals surface area contributed by atoms with Crippen LogP contribution in [0.3, 0.4) is 0 Å². The summed E-state index contributed by atoms with van der Waals surface area (Å²) in [5.41, 5.74) is 0.405. The summed E-state index contributed by atoms with van der Waals surface area (Å²) in [6.45, 7) is 1.34. The number of nitrogens with one attached hydrogen (secondary N) is 1. The van der Waals surface area contributed by atoms with Crippen LogP contribution in [0.5, 0.6) is 0 Å². The quantitative estimate of drug-likeness (QED) is 0.767. The van der Waals surface area contributed by atoms with Crippen molar-refractivity contribution in [3.05, 3.63) is 35.7 Å². The van der Waals surface area contributed by atoms with E-state index in [1.165, 1.54) is 29.3 Å². The van der Waals surface area contributed by atoms with Crippen LogP contribution in [-0.4, -0.2) is 51.9 Å². The second kappa shape index (κ2) is 8.58. The molecular weight excluding hydrogens is 392 g/mol. The van der Waals surface area contributed by atoms with Gasteiger partial charge in [0, 0.05) is 18.7 Å². The molecule has 9 nitrogen and oxygen atoms in total. The molecule has 1 amide bonds. The predicted molar refractivity (Wildman–Crippen MR) is 106 cm³/mol. The maximum Gasteiger partial charge on any atom is 0.251 e. The molecule has 4 rings (SSSR count). The first-order valence-corrected chi connectivity index (χ1v) is 11.6. The topological polar surface area (TPSA) is 110 Å². The summed E-state index contributed by atoms with van der Waals surface area (Å²) in [6.07, 6.45) is 7.29. The van der Waals surface area contributed by atoms with Gasteiger partial charge in [-0.3, -0.25) is 4.79 Å². The van der Waals surface area contributed by atoms with Crippen LogP contribution in [0, 0.1) is 0 Å². The maximum absolute atomic E-state index is 12.7. The van der Waals surface area contributed by atoms with Crippen molar-refractivity contribution in [3.63, 3.8) is 0 Å². The van der Waals surface area contributed by atoms with E-state index in [-0.39, 0.29) is 17.3 Å². The Labute approximate surface area is 170 Å². The number of tetrazole rings is 1. The lowest BCUT2D eigenvalue weighted by molar-refractivity contribution is 0.0949. The fourth-order valence-corrected chi connectivity index (χ4v) is 5.57. The van der Waals surface area contributed by atoms with Gasteiger partial charge in [0.25, 0.3) is 5.91 Å². The van der Waals surface area contributed by atoms with Gasteiger partial charge in [0.05, 0.1) is 17.5 Å². The van der Waals surface area contributed by atoms with Crippen LogP contribution in [0.1, 0.15) is 67.2 Å². The van der Waals surface area contributed by atoms with Gasteiger partial charge in [-0.1, -0.05) is 19.3 Å². The molecule has 0 bridgehead atoms. The van der Waals surface area contributed by atoms with E-state index in [9.17, 15) is 13.2 Å². The fraction of sp³-hybridized carbons (Fsp3) is 0.579. The number of carbonyl (C=O) groups is 1. The highest BCUT2D eigenvalue weighted by Crippen LogP contribution is 2.29. The van der Waals surface area contributed by atoms with E-state index in [0.717, 1.165) is 32.1 Å². The minimum Gasteiger partial charge on any atom is -0.345 e. The number of hydrogen-bond donors (Lipinski definition) is 1. The summed E-state index contributed by atoms with van der Waals surface area (Å²) in [6, 6.07) is 6.40. The fourth-order valence-electron chi connectivity index (χ4n) is 4.06. The Morgan fingerprint density at radius 2 is 1.72 bits per heavy atom. The average Bonchev–Trinajstić information content (AvgIpc) is 3.44. The second-order valence-electron chi connectivity index (χ2n) is 7.65. The zero-order chi connectivity index (χ0) is 20.3. The Hall–Kier alpha value is -2.33. The summed E-state index contributed by atoms with van der Waals surface area (Å²) in [5.74, 6) is 0.349. The molecule has 1 saturated carbocycles. The summed E-state index contributed by atoms with van der Waals surface area (Å²) >= 11 is 0. The van der Waals surface area contributed by atoms with Crippen LogP contribution in [0.25, 0.3) is 0 Å². The number of sulfonamides is 1. The summed E-state index contributed by atoms with van der Waals surface area (Å²) < 4.78 is 28.8. The number of benzene rings is 1. The van der Waals surface area contributed by atoms with Gasteiger partial charge in [-0.05, 0) is 60.4 Å². The standard InChI is InChI=1S/C19H26N6O3S/c26-19(20-14-18-21-22-23-25(18)16-6-2-3-7-16)15-8-10-17(11-9-15)29(27,28)24-12-4-1-5-13-24/h8-11,16H,1-7,12-14H2,(H,20,26). The number of aromatic nitrogens is 4. The van der Waals surface area contributed by atoms with Gasteiger partial charge in [0.2, 0.25) is 10.0 Å². The van der Waals surface area contributed by atoms with E-state index in [1.54, 1.807) is 12.1 Å². The van der Waals surface area contributed by atoms with Crippen molar-refractivity contribution in [2.75, 3.05) is 13.1 Å². The van der Waals surface area contributed by atoms with Gasteiger partial charge in [-0.15, -0.1) is 5.10 Å². The number of amides is 1. The van der Waals surface area contributed by atoms with E-state index in [4.69, 9.17) is 0 Å². The largest absolute Gasteiger partial charge is 0.345 e. The van der Waals surface area contributed by atoms with E-state index in [2.05, 4.69) is 20.8 Å². The highest BCUT2D eigenvalue weighted by molar-refractivity contribution is 7.89. The Balaban J connectivity index is 1.39. The molecule has 156 valence electrons. The van der Waals surface area contributed by atoms with Crippen LogP contribution < -0.4 is 5.32 Å². The average molecular weight is 419 g/mol. The first kappa shape index (κ1) is 20.0. The van der Waals surface area contributed by atoms with Crippen molar-refractivity contribution in [3.8, 4) is 0 Å². The highest BCUT2D eigenvalue weighted by atomic mass is 32.2. The van der Waals surface area contributed by atoms with Crippen molar-refractivity contribution in [2.24, 2.45) is 0 Å². The summed E-state index contributed by atoms with van der Waals surface area (Å²) in [5, 5.41) is 14.7. The number of piperidine rings is 1. The molecule has 0 unspecified atom stereocenters. The molecule has 1 aliphatic carbocycles. The molecule has 29 heavy (non-hydrogen) atoms. The third kappa shape index (κ3) is 4.32.